The predicted octanol–water partition coefficient (Wildman–Crippen LogP) is 2.35. The van der Waals surface area contributed by atoms with Crippen molar-refractivity contribution in [2.75, 3.05) is 19.8 Å². The number of hydrogen-bond donors (Lipinski definition) is 0. The Kier molecular flexibility index (Phi) is 5.79. The number of carbonyl (C=O) groups excluding carboxylic acids is 2. The lowest BCUT2D eigenvalue weighted by Gasteiger charge is -2.33. The summed E-state index contributed by atoms with van der Waals surface area (Å²) < 4.78 is 10.4. The van der Waals surface area contributed by atoms with Crippen molar-refractivity contribution in [1.82, 2.24) is 0 Å². The van der Waals surface area contributed by atoms with Crippen LogP contribution in [0.4, 0.5) is 0 Å². The standard InChI is InChI=1S/C14H24O4/c1-4-18-13(16)14(8-5-6-11(2)3)10-17-9-7-12(14)15/h11H,4-10H2,1-3H3. The Morgan fingerprint density at radius 2 is 2.22 bits per heavy atom. The van der Waals surface area contributed by atoms with Crippen LogP contribution in [-0.4, -0.2) is 31.6 Å². The fraction of sp³-hybridized carbons (Fsp3) is 0.857. The van der Waals surface area contributed by atoms with Crippen LogP contribution in [0.15, 0.2) is 0 Å². The summed E-state index contributed by atoms with van der Waals surface area (Å²) in [5, 5.41) is 0. The number of hydrogen-bond acceptors (Lipinski definition) is 4. The molecule has 18 heavy (non-hydrogen) atoms. The van der Waals surface area contributed by atoms with Gasteiger partial charge in [0.1, 0.15) is 5.41 Å². The first-order valence-corrected chi connectivity index (χ1v) is 6.81. The summed E-state index contributed by atoms with van der Waals surface area (Å²) in [7, 11) is 0. The first-order valence-electron chi connectivity index (χ1n) is 6.81. The Morgan fingerprint density at radius 1 is 1.50 bits per heavy atom. The minimum absolute atomic E-state index is 0.0176. The molecule has 1 aliphatic rings. The van der Waals surface area contributed by atoms with Gasteiger partial charge in [0.25, 0.3) is 0 Å². The largest absolute Gasteiger partial charge is 0.465 e. The number of rotatable bonds is 6. The molecule has 1 unspecified atom stereocenters. The lowest BCUT2D eigenvalue weighted by molar-refractivity contribution is -0.170. The average molecular weight is 256 g/mol. The minimum atomic E-state index is -1.04. The van der Waals surface area contributed by atoms with Crippen LogP contribution in [0.5, 0.6) is 0 Å². The maximum Gasteiger partial charge on any atom is 0.322 e. The Balaban J connectivity index is 2.73. The number of ether oxygens (including phenoxy) is 2. The molecule has 1 atom stereocenters. The van der Waals surface area contributed by atoms with E-state index in [0.29, 0.717) is 32.0 Å². The van der Waals surface area contributed by atoms with E-state index in [1.54, 1.807) is 6.92 Å². The SMILES string of the molecule is CCOC(=O)C1(CCCC(C)C)COCCC1=O. The fourth-order valence-electron chi connectivity index (χ4n) is 2.30. The van der Waals surface area contributed by atoms with Crippen molar-refractivity contribution in [3.63, 3.8) is 0 Å². The normalized spacial score (nSPS) is 24.3. The topological polar surface area (TPSA) is 52.6 Å². The highest BCUT2D eigenvalue weighted by Crippen LogP contribution is 2.33. The molecule has 1 saturated heterocycles. The van der Waals surface area contributed by atoms with E-state index in [9.17, 15) is 9.59 Å². The zero-order valence-corrected chi connectivity index (χ0v) is 11.7. The molecule has 4 heteroatoms. The van der Waals surface area contributed by atoms with Gasteiger partial charge in [-0.1, -0.05) is 26.7 Å². The highest BCUT2D eigenvalue weighted by Gasteiger charge is 2.48. The summed E-state index contributed by atoms with van der Waals surface area (Å²) >= 11 is 0. The lowest BCUT2D eigenvalue weighted by Crippen LogP contribution is -2.48. The zero-order chi connectivity index (χ0) is 13.6. The second kappa shape index (κ2) is 6.88. The molecule has 0 aromatic rings. The number of ketones is 1. The van der Waals surface area contributed by atoms with Gasteiger partial charge in [0.15, 0.2) is 5.78 Å². The number of Topliss-reactive ketones (excluding diaryl/α,β-unsaturated/α-hetero) is 1. The van der Waals surface area contributed by atoms with E-state index >= 15 is 0 Å². The first kappa shape index (κ1) is 15.2. The Bertz CT molecular complexity index is 298. The second-order valence-electron chi connectivity index (χ2n) is 5.31. The van der Waals surface area contributed by atoms with Crippen molar-refractivity contribution in [1.29, 1.82) is 0 Å². The quantitative estimate of drug-likeness (QED) is 0.540. The van der Waals surface area contributed by atoms with E-state index < -0.39 is 11.4 Å². The molecule has 0 radical (unpaired) electrons. The third kappa shape index (κ3) is 3.55. The van der Waals surface area contributed by atoms with Gasteiger partial charge >= 0.3 is 5.97 Å². The third-order valence-electron chi connectivity index (χ3n) is 3.41. The summed E-state index contributed by atoms with van der Waals surface area (Å²) in [6.07, 6.45) is 2.73. The van der Waals surface area contributed by atoms with Gasteiger partial charge in [-0.2, -0.15) is 0 Å². The van der Waals surface area contributed by atoms with E-state index in [-0.39, 0.29) is 12.4 Å². The summed E-state index contributed by atoms with van der Waals surface area (Å²) in [6.45, 7) is 6.94. The summed E-state index contributed by atoms with van der Waals surface area (Å²) in [4.78, 5) is 24.2. The van der Waals surface area contributed by atoms with E-state index in [2.05, 4.69) is 13.8 Å². The van der Waals surface area contributed by atoms with Crippen molar-refractivity contribution in [3.05, 3.63) is 0 Å². The number of carbonyl (C=O) groups is 2. The van der Waals surface area contributed by atoms with Crippen molar-refractivity contribution in [2.45, 2.75) is 46.5 Å². The molecule has 0 spiro atoms. The van der Waals surface area contributed by atoms with Crippen LogP contribution in [0.3, 0.4) is 0 Å². The Labute approximate surface area is 109 Å². The van der Waals surface area contributed by atoms with Gasteiger partial charge in [0.2, 0.25) is 0 Å². The van der Waals surface area contributed by atoms with Crippen LogP contribution in [0.2, 0.25) is 0 Å². The van der Waals surface area contributed by atoms with E-state index in [1.807, 2.05) is 0 Å². The average Bonchev–Trinajstić information content (AvgIpc) is 2.31. The van der Waals surface area contributed by atoms with Gasteiger partial charge in [-0.05, 0) is 19.3 Å². The van der Waals surface area contributed by atoms with E-state index in [0.717, 1.165) is 12.8 Å². The van der Waals surface area contributed by atoms with Crippen LogP contribution in [0.25, 0.3) is 0 Å². The molecule has 0 aromatic carbocycles. The monoisotopic (exact) mass is 256 g/mol. The molecule has 0 amide bonds. The molecule has 1 aliphatic heterocycles. The van der Waals surface area contributed by atoms with Crippen molar-refractivity contribution < 1.29 is 19.1 Å². The lowest BCUT2D eigenvalue weighted by atomic mass is 9.76. The molecule has 0 aliphatic carbocycles. The fourth-order valence-corrected chi connectivity index (χ4v) is 2.30. The third-order valence-corrected chi connectivity index (χ3v) is 3.41. The highest BCUT2D eigenvalue weighted by atomic mass is 16.5. The van der Waals surface area contributed by atoms with E-state index in [1.165, 1.54) is 0 Å². The molecule has 4 nitrogen and oxygen atoms in total. The molecule has 0 N–H and O–H groups in total. The summed E-state index contributed by atoms with van der Waals surface area (Å²) in [5.74, 6) is 0.151. The van der Waals surface area contributed by atoms with Crippen LogP contribution in [0, 0.1) is 11.3 Å². The van der Waals surface area contributed by atoms with Crippen LogP contribution < -0.4 is 0 Å². The molecule has 104 valence electrons. The molecule has 1 fully saturated rings. The molecule has 1 rings (SSSR count). The predicted molar refractivity (Wildman–Crippen MR) is 68.2 cm³/mol. The maximum absolute atomic E-state index is 12.1. The minimum Gasteiger partial charge on any atom is -0.465 e. The second-order valence-corrected chi connectivity index (χ2v) is 5.31. The molecule has 0 saturated carbocycles. The Morgan fingerprint density at radius 3 is 2.78 bits per heavy atom. The van der Waals surface area contributed by atoms with Crippen LogP contribution in [0.1, 0.15) is 46.5 Å². The van der Waals surface area contributed by atoms with Gasteiger partial charge in [0, 0.05) is 6.42 Å². The van der Waals surface area contributed by atoms with Crippen molar-refractivity contribution in [2.24, 2.45) is 11.3 Å². The van der Waals surface area contributed by atoms with Crippen LogP contribution in [-0.2, 0) is 19.1 Å². The summed E-state index contributed by atoms with van der Waals surface area (Å²) in [5.41, 5.74) is -1.04. The molecular formula is C14H24O4. The number of esters is 1. The first-order chi connectivity index (χ1) is 8.53. The Hall–Kier alpha value is -0.900. The van der Waals surface area contributed by atoms with Gasteiger partial charge in [-0.15, -0.1) is 0 Å². The highest BCUT2D eigenvalue weighted by molar-refractivity contribution is 6.04. The smallest absolute Gasteiger partial charge is 0.322 e. The summed E-state index contributed by atoms with van der Waals surface area (Å²) in [6, 6.07) is 0. The van der Waals surface area contributed by atoms with Crippen LogP contribution >= 0.6 is 0 Å². The molecule has 0 aromatic heterocycles. The van der Waals surface area contributed by atoms with Crippen molar-refractivity contribution >= 4 is 11.8 Å². The maximum atomic E-state index is 12.1. The molecule has 0 bridgehead atoms. The van der Waals surface area contributed by atoms with Gasteiger partial charge in [-0.25, -0.2) is 0 Å². The van der Waals surface area contributed by atoms with Gasteiger partial charge in [0.05, 0.1) is 19.8 Å². The van der Waals surface area contributed by atoms with E-state index in [4.69, 9.17) is 9.47 Å². The van der Waals surface area contributed by atoms with Crippen molar-refractivity contribution in [3.8, 4) is 0 Å². The molecule has 1 heterocycles. The molecular weight excluding hydrogens is 232 g/mol. The van der Waals surface area contributed by atoms with Gasteiger partial charge < -0.3 is 9.47 Å². The zero-order valence-electron chi connectivity index (χ0n) is 11.7. The van der Waals surface area contributed by atoms with Gasteiger partial charge in [-0.3, -0.25) is 9.59 Å².